The van der Waals surface area contributed by atoms with Crippen molar-refractivity contribution in [3.05, 3.63) is 58.2 Å². The topological polar surface area (TPSA) is 106 Å². The molecule has 0 bridgehead atoms. The highest BCUT2D eigenvalue weighted by atomic mass is 16.7. The molecule has 2 aliphatic rings. The molecule has 0 aliphatic carbocycles. The van der Waals surface area contributed by atoms with Crippen molar-refractivity contribution in [2.75, 3.05) is 6.79 Å². The van der Waals surface area contributed by atoms with E-state index in [0.29, 0.717) is 23.6 Å². The molecule has 2 aromatic rings. The number of fused-ring (bicyclic) bond motifs is 2. The summed E-state index contributed by atoms with van der Waals surface area (Å²) in [5.74, 6) is -0.864. The van der Waals surface area contributed by atoms with E-state index < -0.39 is 11.8 Å². The predicted octanol–water partition coefficient (Wildman–Crippen LogP) is -0.349. The molecule has 0 aromatic heterocycles. The van der Waals surface area contributed by atoms with Crippen LogP contribution >= 0.6 is 0 Å². The fourth-order valence-electron chi connectivity index (χ4n) is 2.50. The van der Waals surface area contributed by atoms with Crippen LogP contribution in [0.4, 0.5) is 0 Å². The molecule has 0 unspecified atom stereocenters. The average Bonchev–Trinajstić information content (AvgIpc) is 3.08. The number of hydrogen-bond acceptors (Lipinski definition) is 5. The Morgan fingerprint density at radius 2 is 1.72 bits per heavy atom. The van der Waals surface area contributed by atoms with Crippen LogP contribution in [0.15, 0.2) is 46.4 Å². The van der Waals surface area contributed by atoms with Crippen molar-refractivity contribution in [1.82, 2.24) is 5.32 Å². The maximum Gasteiger partial charge on any atom is 0.338 e. The number of amides is 3. The van der Waals surface area contributed by atoms with E-state index in [-0.39, 0.29) is 23.4 Å². The van der Waals surface area contributed by atoms with Crippen molar-refractivity contribution in [2.24, 2.45) is 9.98 Å². The molecular formula is C17H11N3O5. The summed E-state index contributed by atoms with van der Waals surface area (Å²) in [5, 5.41) is 3.26. The first kappa shape index (κ1) is 15.0. The van der Waals surface area contributed by atoms with Crippen LogP contribution < -0.4 is 25.5 Å². The highest BCUT2D eigenvalue weighted by molar-refractivity contribution is 6.36. The first-order valence-corrected chi connectivity index (χ1v) is 7.43. The van der Waals surface area contributed by atoms with E-state index in [1.54, 1.807) is 12.1 Å². The van der Waals surface area contributed by atoms with E-state index in [2.05, 4.69) is 15.3 Å². The standard InChI is InChI=1S/C17H11N3O5/c21-15(18-7-9-1-4-13-14(5-9)25-8-24-13)10-2-3-11-12(6-10)20-17(23)16(22)19-11/h1-6H,7-8H2,(H,18,21). The molecular weight excluding hydrogens is 326 g/mol. The molecule has 0 saturated heterocycles. The lowest BCUT2D eigenvalue weighted by molar-refractivity contribution is -0.135. The highest BCUT2D eigenvalue weighted by Gasteiger charge is 2.17. The van der Waals surface area contributed by atoms with E-state index in [0.717, 1.165) is 5.56 Å². The van der Waals surface area contributed by atoms with Gasteiger partial charge in [-0.05, 0) is 35.9 Å². The number of nitrogens with zero attached hydrogens (tertiary/aromatic N) is 2. The molecule has 0 fully saturated rings. The van der Waals surface area contributed by atoms with Crippen molar-refractivity contribution >= 4 is 17.7 Å². The van der Waals surface area contributed by atoms with Gasteiger partial charge in [0, 0.05) is 12.1 Å². The number of hydrogen-bond donors (Lipinski definition) is 1. The summed E-state index contributed by atoms with van der Waals surface area (Å²) < 4.78 is 10.5. The Labute approximate surface area is 140 Å². The normalized spacial score (nSPS) is 14.4. The van der Waals surface area contributed by atoms with Gasteiger partial charge in [-0.1, -0.05) is 6.07 Å². The van der Waals surface area contributed by atoms with E-state index in [9.17, 15) is 14.4 Å². The zero-order chi connectivity index (χ0) is 17.4. The van der Waals surface area contributed by atoms with Gasteiger partial charge in [0.25, 0.3) is 5.91 Å². The largest absolute Gasteiger partial charge is 0.454 e. The van der Waals surface area contributed by atoms with Gasteiger partial charge in [0.2, 0.25) is 6.79 Å². The Morgan fingerprint density at radius 3 is 2.56 bits per heavy atom. The SMILES string of the molecule is O=C1N=c2ccc(C(=O)NCc3ccc4c(c3)OCO4)cc2=NC1=O. The molecule has 8 heteroatoms. The number of carbonyl (C=O) groups excluding carboxylic acids is 3. The van der Waals surface area contributed by atoms with Gasteiger partial charge in [-0.3, -0.25) is 14.4 Å². The number of carbonyl (C=O) groups is 3. The molecule has 2 aliphatic heterocycles. The fraction of sp³-hybridized carbons (Fsp3) is 0.118. The van der Waals surface area contributed by atoms with E-state index in [1.807, 2.05) is 6.07 Å². The highest BCUT2D eigenvalue weighted by Crippen LogP contribution is 2.32. The van der Waals surface area contributed by atoms with Crippen LogP contribution in [-0.4, -0.2) is 24.5 Å². The summed E-state index contributed by atoms with van der Waals surface area (Å²) in [6.07, 6.45) is 0. The molecule has 0 radical (unpaired) electrons. The number of ether oxygens (including phenoxy) is 2. The second kappa shape index (κ2) is 5.82. The summed E-state index contributed by atoms with van der Waals surface area (Å²) in [6, 6.07) is 9.85. The Bertz CT molecular complexity index is 1040. The van der Waals surface area contributed by atoms with Crippen molar-refractivity contribution in [3.8, 4) is 11.5 Å². The van der Waals surface area contributed by atoms with Gasteiger partial charge in [-0.15, -0.1) is 0 Å². The molecule has 25 heavy (non-hydrogen) atoms. The third-order valence-electron chi connectivity index (χ3n) is 3.75. The van der Waals surface area contributed by atoms with Gasteiger partial charge in [-0.25, -0.2) is 9.98 Å². The predicted molar refractivity (Wildman–Crippen MR) is 82.5 cm³/mol. The van der Waals surface area contributed by atoms with Gasteiger partial charge >= 0.3 is 11.8 Å². The molecule has 124 valence electrons. The molecule has 4 rings (SSSR count). The van der Waals surface area contributed by atoms with Gasteiger partial charge in [-0.2, -0.15) is 0 Å². The third-order valence-corrected chi connectivity index (χ3v) is 3.75. The second-order valence-electron chi connectivity index (χ2n) is 5.41. The van der Waals surface area contributed by atoms with Crippen molar-refractivity contribution in [1.29, 1.82) is 0 Å². The van der Waals surface area contributed by atoms with Crippen LogP contribution in [0, 0.1) is 0 Å². The lowest BCUT2D eigenvalue weighted by Crippen LogP contribution is -2.36. The third kappa shape index (κ3) is 2.85. The van der Waals surface area contributed by atoms with Gasteiger partial charge < -0.3 is 14.8 Å². The van der Waals surface area contributed by atoms with Crippen LogP contribution in [0.5, 0.6) is 11.5 Å². The Kier molecular flexibility index (Phi) is 3.50. The number of rotatable bonds is 3. The molecule has 8 nitrogen and oxygen atoms in total. The summed E-state index contributed by atoms with van der Waals surface area (Å²) in [5.41, 5.74) is 1.18. The zero-order valence-electron chi connectivity index (χ0n) is 12.8. The molecule has 0 spiro atoms. The quantitative estimate of drug-likeness (QED) is 0.771. The maximum atomic E-state index is 12.3. The monoisotopic (exact) mass is 337 g/mol. The first-order chi connectivity index (χ1) is 12.1. The Balaban J connectivity index is 1.51. The Morgan fingerprint density at radius 1 is 0.960 bits per heavy atom. The molecule has 3 amide bonds. The first-order valence-electron chi connectivity index (χ1n) is 7.43. The van der Waals surface area contributed by atoms with E-state index >= 15 is 0 Å². The molecule has 2 aromatic carbocycles. The van der Waals surface area contributed by atoms with Crippen molar-refractivity contribution in [2.45, 2.75) is 6.54 Å². The van der Waals surface area contributed by atoms with Crippen LogP contribution in [0.3, 0.4) is 0 Å². The fourth-order valence-corrected chi connectivity index (χ4v) is 2.50. The average molecular weight is 337 g/mol. The Hall–Kier alpha value is -3.55. The van der Waals surface area contributed by atoms with Gasteiger partial charge in [0.1, 0.15) is 0 Å². The minimum atomic E-state index is -0.939. The molecule has 0 atom stereocenters. The van der Waals surface area contributed by atoms with Crippen LogP contribution in [0.2, 0.25) is 0 Å². The van der Waals surface area contributed by atoms with Crippen LogP contribution in [0.25, 0.3) is 0 Å². The van der Waals surface area contributed by atoms with Crippen molar-refractivity contribution < 1.29 is 23.9 Å². The maximum absolute atomic E-state index is 12.3. The van der Waals surface area contributed by atoms with Gasteiger partial charge in [0.15, 0.2) is 11.5 Å². The van der Waals surface area contributed by atoms with Crippen LogP contribution in [0.1, 0.15) is 15.9 Å². The summed E-state index contributed by atoms with van der Waals surface area (Å²) in [6.45, 7) is 0.488. The smallest absolute Gasteiger partial charge is 0.338 e. The molecule has 2 heterocycles. The minimum Gasteiger partial charge on any atom is -0.454 e. The van der Waals surface area contributed by atoms with Crippen LogP contribution in [-0.2, 0) is 16.1 Å². The summed E-state index contributed by atoms with van der Waals surface area (Å²) in [4.78, 5) is 42.1. The lowest BCUT2D eigenvalue weighted by Gasteiger charge is -2.07. The number of nitrogens with one attached hydrogen (secondary N) is 1. The second-order valence-corrected chi connectivity index (χ2v) is 5.41. The van der Waals surface area contributed by atoms with E-state index in [4.69, 9.17) is 9.47 Å². The molecule has 1 N–H and O–H groups in total. The number of benzene rings is 2. The summed E-state index contributed by atoms with van der Waals surface area (Å²) in [7, 11) is 0. The van der Waals surface area contributed by atoms with E-state index in [1.165, 1.54) is 18.2 Å². The molecule has 0 saturated carbocycles. The van der Waals surface area contributed by atoms with Crippen molar-refractivity contribution in [3.63, 3.8) is 0 Å². The minimum absolute atomic E-state index is 0.191. The lowest BCUT2D eigenvalue weighted by atomic mass is 10.1. The summed E-state index contributed by atoms with van der Waals surface area (Å²) >= 11 is 0. The van der Waals surface area contributed by atoms with Gasteiger partial charge in [0.05, 0.1) is 10.7 Å². The zero-order valence-corrected chi connectivity index (χ0v) is 12.8.